The Morgan fingerprint density at radius 1 is 1.47 bits per heavy atom. The SMILES string of the molecule is COc1cc2c(cc1Br)NCCCC2=O. The van der Waals surface area contributed by atoms with E-state index in [-0.39, 0.29) is 5.78 Å². The predicted molar refractivity (Wildman–Crippen MR) is 62.7 cm³/mol. The molecule has 1 aromatic rings. The smallest absolute Gasteiger partial charge is 0.165 e. The first-order valence-electron chi connectivity index (χ1n) is 4.87. The van der Waals surface area contributed by atoms with Gasteiger partial charge in [0.05, 0.1) is 11.6 Å². The summed E-state index contributed by atoms with van der Waals surface area (Å²) in [5, 5.41) is 3.24. The number of anilines is 1. The third kappa shape index (κ3) is 2.00. The lowest BCUT2D eigenvalue weighted by atomic mass is 10.1. The van der Waals surface area contributed by atoms with Gasteiger partial charge in [-0.1, -0.05) is 0 Å². The summed E-state index contributed by atoms with van der Waals surface area (Å²) in [5.41, 5.74) is 1.62. The van der Waals surface area contributed by atoms with E-state index < -0.39 is 0 Å². The van der Waals surface area contributed by atoms with Crippen molar-refractivity contribution in [2.24, 2.45) is 0 Å². The first kappa shape index (κ1) is 10.5. The van der Waals surface area contributed by atoms with Gasteiger partial charge in [-0.15, -0.1) is 0 Å². The summed E-state index contributed by atoms with van der Waals surface area (Å²) in [6.07, 6.45) is 1.48. The molecule has 0 bridgehead atoms. The average Bonchev–Trinajstić information content (AvgIpc) is 2.40. The zero-order valence-electron chi connectivity index (χ0n) is 8.47. The van der Waals surface area contributed by atoms with E-state index in [1.54, 1.807) is 13.2 Å². The molecule has 0 saturated heterocycles. The summed E-state index contributed by atoms with van der Waals surface area (Å²) >= 11 is 3.40. The lowest BCUT2D eigenvalue weighted by Crippen LogP contribution is -2.01. The Labute approximate surface area is 96.9 Å². The zero-order valence-corrected chi connectivity index (χ0v) is 10.1. The molecule has 2 rings (SSSR count). The van der Waals surface area contributed by atoms with E-state index in [1.807, 2.05) is 6.07 Å². The van der Waals surface area contributed by atoms with Crippen LogP contribution in [0.1, 0.15) is 23.2 Å². The number of fused-ring (bicyclic) bond motifs is 1. The van der Waals surface area contributed by atoms with Crippen molar-refractivity contribution in [3.05, 3.63) is 22.2 Å². The van der Waals surface area contributed by atoms with Crippen LogP contribution in [0.15, 0.2) is 16.6 Å². The first-order chi connectivity index (χ1) is 7.22. The molecule has 0 atom stereocenters. The minimum Gasteiger partial charge on any atom is -0.496 e. The lowest BCUT2D eigenvalue weighted by molar-refractivity contribution is 0.0983. The van der Waals surface area contributed by atoms with Crippen LogP contribution < -0.4 is 10.1 Å². The number of carbonyl (C=O) groups excluding carboxylic acids is 1. The van der Waals surface area contributed by atoms with E-state index in [9.17, 15) is 4.79 Å². The molecule has 0 spiro atoms. The highest BCUT2D eigenvalue weighted by molar-refractivity contribution is 9.10. The predicted octanol–water partition coefficient (Wildman–Crippen LogP) is 2.85. The van der Waals surface area contributed by atoms with Gasteiger partial charge in [0.1, 0.15) is 5.75 Å². The summed E-state index contributed by atoms with van der Waals surface area (Å²) in [6, 6.07) is 3.69. The molecular weight excluding hydrogens is 258 g/mol. The van der Waals surface area contributed by atoms with Crippen LogP contribution in [0.3, 0.4) is 0 Å². The normalized spacial score (nSPS) is 15.2. The molecule has 0 unspecified atom stereocenters. The lowest BCUT2D eigenvalue weighted by Gasteiger charge is -2.10. The molecule has 1 aliphatic heterocycles. The molecule has 4 heteroatoms. The molecule has 3 nitrogen and oxygen atoms in total. The molecule has 0 amide bonds. The van der Waals surface area contributed by atoms with Crippen LogP contribution >= 0.6 is 15.9 Å². The maximum Gasteiger partial charge on any atom is 0.165 e. The quantitative estimate of drug-likeness (QED) is 0.852. The monoisotopic (exact) mass is 269 g/mol. The summed E-state index contributed by atoms with van der Waals surface area (Å²) < 4.78 is 6.04. The van der Waals surface area contributed by atoms with E-state index in [0.29, 0.717) is 12.2 Å². The molecule has 80 valence electrons. The number of rotatable bonds is 1. The van der Waals surface area contributed by atoms with Gasteiger partial charge in [0.2, 0.25) is 0 Å². The number of nitrogens with one attached hydrogen (secondary N) is 1. The molecule has 1 aliphatic rings. The zero-order chi connectivity index (χ0) is 10.8. The maximum atomic E-state index is 11.8. The van der Waals surface area contributed by atoms with Crippen molar-refractivity contribution in [2.75, 3.05) is 19.0 Å². The fraction of sp³-hybridized carbons (Fsp3) is 0.364. The second kappa shape index (κ2) is 4.23. The summed E-state index contributed by atoms with van der Waals surface area (Å²) in [6.45, 7) is 0.845. The number of carbonyl (C=O) groups is 1. The van der Waals surface area contributed by atoms with E-state index in [1.165, 1.54) is 0 Å². The van der Waals surface area contributed by atoms with E-state index >= 15 is 0 Å². The molecule has 1 N–H and O–H groups in total. The van der Waals surface area contributed by atoms with Crippen molar-refractivity contribution in [2.45, 2.75) is 12.8 Å². The molecule has 0 aliphatic carbocycles. The van der Waals surface area contributed by atoms with Gasteiger partial charge in [-0.05, 0) is 34.5 Å². The van der Waals surface area contributed by atoms with Crippen LogP contribution in [0.2, 0.25) is 0 Å². The summed E-state index contributed by atoms with van der Waals surface area (Å²) in [7, 11) is 1.60. The fourth-order valence-electron chi connectivity index (χ4n) is 1.69. The van der Waals surface area contributed by atoms with E-state index in [0.717, 1.165) is 28.7 Å². The first-order valence-corrected chi connectivity index (χ1v) is 5.66. The van der Waals surface area contributed by atoms with Crippen LogP contribution in [-0.4, -0.2) is 19.4 Å². The van der Waals surface area contributed by atoms with Gasteiger partial charge in [-0.3, -0.25) is 4.79 Å². The fourth-order valence-corrected chi connectivity index (χ4v) is 2.20. The topological polar surface area (TPSA) is 38.3 Å². The third-order valence-corrected chi connectivity index (χ3v) is 3.11. The van der Waals surface area contributed by atoms with E-state index in [4.69, 9.17) is 4.74 Å². The highest BCUT2D eigenvalue weighted by Gasteiger charge is 2.17. The van der Waals surface area contributed by atoms with Gasteiger partial charge in [-0.25, -0.2) is 0 Å². The Kier molecular flexibility index (Phi) is 2.95. The average molecular weight is 270 g/mol. The van der Waals surface area contributed by atoms with Crippen LogP contribution in [0, 0.1) is 0 Å². The molecule has 0 aromatic heterocycles. The van der Waals surface area contributed by atoms with Gasteiger partial charge in [0, 0.05) is 24.2 Å². The van der Waals surface area contributed by atoms with Crippen molar-refractivity contribution in [1.82, 2.24) is 0 Å². The second-order valence-electron chi connectivity index (χ2n) is 3.49. The molecule has 1 heterocycles. The number of benzene rings is 1. The van der Waals surface area contributed by atoms with Crippen LogP contribution in [0.4, 0.5) is 5.69 Å². The van der Waals surface area contributed by atoms with Crippen molar-refractivity contribution in [3.63, 3.8) is 0 Å². The second-order valence-corrected chi connectivity index (χ2v) is 4.34. The van der Waals surface area contributed by atoms with Gasteiger partial charge in [0.25, 0.3) is 0 Å². The summed E-state index contributed by atoms with van der Waals surface area (Å²) in [5.74, 6) is 0.881. The minimum atomic E-state index is 0.181. The number of ether oxygens (including phenoxy) is 1. The molecular formula is C11H12BrNO2. The number of hydrogen-bond donors (Lipinski definition) is 1. The van der Waals surface area contributed by atoms with Gasteiger partial charge < -0.3 is 10.1 Å². The number of methoxy groups -OCH3 is 1. The highest BCUT2D eigenvalue weighted by Crippen LogP contribution is 2.33. The molecule has 0 radical (unpaired) electrons. The third-order valence-electron chi connectivity index (χ3n) is 2.49. The van der Waals surface area contributed by atoms with Gasteiger partial charge in [-0.2, -0.15) is 0 Å². The standard InChI is InChI=1S/C11H12BrNO2/c1-15-11-5-7-9(6-8(11)12)13-4-2-3-10(7)14/h5-6,13H,2-4H2,1H3. The molecule has 15 heavy (non-hydrogen) atoms. The Morgan fingerprint density at radius 2 is 2.27 bits per heavy atom. The van der Waals surface area contributed by atoms with Crippen molar-refractivity contribution >= 4 is 27.4 Å². The summed E-state index contributed by atoms with van der Waals surface area (Å²) in [4.78, 5) is 11.8. The molecule has 0 saturated carbocycles. The van der Waals surface area contributed by atoms with Gasteiger partial charge in [0.15, 0.2) is 5.78 Å². The molecule has 0 fully saturated rings. The molecule has 1 aromatic carbocycles. The van der Waals surface area contributed by atoms with Crippen LogP contribution in [-0.2, 0) is 0 Å². The number of Topliss-reactive ketones (excluding diaryl/α,β-unsaturated/α-hetero) is 1. The highest BCUT2D eigenvalue weighted by atomic mass is 79.9. The number of ketones is 1. The van der Waals surface area contributed by atoms with Crippen LogP contribution in [0.25, 0.3) is 0 Å². The Balaban J connectivity index is 2.52. The number of hydrogen-bond acceptors (Lipinski definition) is 3. The Morgan fingerprint density at radius 3 is 3.00 bits per heavy atom. The maximum absolute atomic E-state index is 11.8. The largest absolute Gasteiger partial charge is 0.496 e. The Bertz CT molecular complexity index is 404. The van der Waals surface area contributed by atoms with Crippen molar-refractivity contribution in [3.8, 4) is 5.75 Å². The Hall–Kier alpha value is -1.03. The van der Waals surface area contributed by atoms with E-state index in [2.05, 4.69) is 21.2 Å². The van der Waals surface area contributed by atoms with Crippen molar-refractivity contribution in [1.29, 1.82) is 0 Å². The minimum absolute atomic E-state index is 0.181. The van der Waals surface area contributed by atoms with Crippen LogP contribution in [0.5, 0.6) is 5.75 Å². The number of halogens is 1. The van der Waals surface area contributed by atoms with Gasteiger partial charge >= 0.3 is 0 Å². The van der Waals surface area contributed by atoms with Crippen molar-refractivity contribution < 1.29 is 9.53 Å².